The van der Waals surface area contributed by atoms with Gasteiger partial charge in [0.1, 0.15) is 0 Å². The Morgan fingerprint density at radius 2 is 2.27 bits per heavy atom. The number of oxime groups is 1. The molecule has 0 unspecified atom stereocenters. The molecule has 3 N–H and O–H groups in total. The Balaban J connectivity index is 2.12. The van der Waals surface area contributed by atoms with Crippen LogP contribution in [0.2, 0.25) is 0 Å². The van der Waals surface area contributed by atoms with Crippen molar-refractivity contribution in [2.75, 3.05) is 6.61 Å². The van der Waals surface area contributed by atoms with Crippen LogP contribution in [0.4, 0.5) is 0 Å². The van der Waals surface area contributed by atoms with Crippen molar-refractivity contribution in [3.8, 4) is 5.88 Å². The molecule has 1 heterocycles. The van der Waals surface area contributed by atoms with Crippen LogP contribution < -0.4 is 10.5 Å². The predicted octanol–water partition coefficient (Wildman–Crippen LogP) is 0.360. The Kier molecular flexibility index (Phi) is 2.66. The Morgan fingerprint density at radius 3 is 2.93 bits per heavy atom. The minimum atomic E-state index is -0.0890. The molecule has 1 aliphatic carbocycles. The lowest BCUT2D eigenvalue weighted by molar-refractivity contribution is 0.285. The summed E-state index contributed by atoms with van der Waals surface area (Å²) in [6.07, 6.45) is 5.37. The van der Waals surface area contributed by atoms with E-state index in [0.717, 1.165) is 0 Å². The zero-order valence-corrected chi connectivity index (χ0v) is 8.13. The molecule has 0 aliphatic heterocycles. The van der Waals surface area contributed by atoms with Crippen molar-refractivity contribution in [3.63, 3.8) is 0 Å². The van der Waals surface area contributed by atoms with E-state index in [4.69, 9.17) is 15.7 Å². The summed E-state index contributed by atoms with van der Waals surface area (Å²) in [6.45, 7) is 0.615. The third-order valence-electron chi connectivity index (χ3n) is 2.17. The highest BCUT2D eigenvalue weighted by atomic mass is 16.5. The summed E-state index contributed by atoms with van der Waals surface area (Å²) in [5.74, 6) is 0.848. The normalized spacial score (nSPS) is 16.4. The molecule has 80 valence electrons. The predicted molar refractivity (Wildman–Crippen MR) is 52.8 cm³/mol. The van der Waals surface area contributed by atoms with Crippen molar-refractivity contribution in [2.45, 2.75) is 12.8 Å². The van der Waals surface area contributed by atoms with E-state index in [1.165, 1.54) is 25.2 Å². The maximum atomic E-state index is 8.54. The number of hydrogen-bond donors (Lipinski definition) is 2. The van der Waals surface area contributed by atoms with Crippen LogP contribution in [0.1, 0.15) is 18.5 Å². The highest BCUT2D eigenvalue weighted by Crippen LogP contribution is 2.29. The molecule has 0 amide bonds. The first-order chi connectivity index (χ1) is 7.31. The summed E-state index contributed by atoms with van der Waals surface area (Å²) in [5.41, 5.74) is 5.71. The molecule has 1 fully saturated rings. The Bertz CT molecular complexity index is 376. The third kappa shape index (κ3) is 2.34. The highest BCUT2D eigenvalue weighted by molar-refractivity contribution is 5.97. The van der Waals surface area contributed by atoms with Gasteiger partial charge in [-0.25, -0.2) is 9.97 Å². The Hall–Kier alpha value is -1.85. The largest absolute Gasteiger partial charge is 0.476 e. The molecule has 6 nitrogen and oxygen atoms in total. The molecule has 1 aliphatic rings. The van der Waals surface area contributed by atoms with Crippen LogP contribution in [0.15, 0.2) is 17.5 Å². The van der Waals surface area contributed by atoms with Gasteiger partial charge in [0.2, 0.25) is 5.88 Å². The third-order valence-corrected chi connectivity index (χ3v) is 2.17. The average molecular weight is 208 g/mol. The van der Waals surface area contributed by atoms with E-state index in [1.807, 2.05) is 0 Å². The van der Waals surface area contributed by atoms with Gasteiger partial charge in [0.05, 0.1) is 6.61 Å². The minimum absolute atomic E-state index is 0.0890. The van der Waals surface area contributed by atoms with E-state index in [0.29, 0.717) is 18.4 Å². The van der Waals surface area contributed by atoms with Gasteiger partial charge < -0.3 is 15.7 Å². The molecule has 1 aromatic heterocycles. The smallest absolute Gasteiger partial charge is 0.243 e. The van der Waals surface area contributed by atoms with Gasteiger partial charge in [-0.2, -0.15) is 0 Å². The number of amidine groups is 1. The number of nitrogens with two attached hydrogens (primary N) is 1. The van der Waals surface area contributed by atoms with Crippen LogP contribution in [0.3, 0.4) is 0 Å². The highest BCUT2D eigenvalue weighted by Gasteiger charge is 2.23. The van der Waals surface area contributed by atoms with Gasteiger partial charge in [0, 0.05) is 12.4 Å². The molecular weight excluding hydrogens is 196 g/mol. The fourth-order valence-corrected chi connectivity index (χ4v) is 1.14. The molecule has 0 spiro atoms. The van der Waals surface area contributed by atoms with Crippen molar-refractivity contribution in [1.82, 2.24) is 9.97 Å². The second-order valence-corrected chi connectivity index (χ2v) is 3.45. The zero-order chi connectivity index (χ0) is 10.7. The van der Waals surface area contributed by atoms with Crippen molar-refractivity contribution in [1.29, 1.82) is 0 Å². The van der Waals surface area contributed by atoms with Gasteiger partial charge in [0.15, 0.2) is 11.5 Å². The van der Waals surface area contributed by atoms with Gasteiger partial charge in [-0.1, -0.05) is 5.16 Å². The number of aromatic nitrogens is 2. The maximum absolute atomic E-state index is 8.54. The molecule has 1 aromatic rings. The van der Waals surface area contributed by atoms with Gasteiger partial charge in [-0.05, 0) is 18.8 Å². The van der Waals surface area contributed by atoms with E-state index in [1.54, 1.807) is 0 Å². The van der Waals surface area contributed by atoms with Crippen LogP contribution in [0.5, 0.6) is 5.88 Å². The van der Waals surface area contributed by atoms with E-state index in [-0.39, 0.29) is 11.5 Å². The Labute approximate surface area is 86.8 Å². The lowest BCUT2D eigenvalue weighted by atomic mass is 10.4. The molecule has 0 aromatic carbocycles. The van der Waals surface area contributed by atoms with E-state index >= 15 is 0 Å². The molecule has 0 radical (unpaired) electrons. The molecular formula is C9H12N4O2. The summed E-state index contributed by atoms with van der Waals surface area (Å²) in [7, 11) is 0. The van der Waals surface area contributed by atoms with Gasteiger partial charge >= 0.3 is 0 Å². The standard InChI is InChI=1S/C9H12N4O2/c10-8(13-14)7-9(12-4-3-11-7)15-5-6-1-2-6/h3-4,6,14H,1-2,5H2,(H2,10,13). The molecule has 1 saturated carbocycles. The zero-order valence-electron chi connectivity index (χ0n) is 8.13. The van der Waals surface area contributed by atoms with Crippen LogP contribution >= 0.6 is 0 Å². The van der Waals surface area contributed by atoms with Crippen molar-refractivity contribution < 1.29 is 9.94 Å². The molecule has 6 heteroatoms. The van der Waals surface area contributed by atoms with Crippen molar-refractivity contribution >= 4 is 5.84 Å². The lowest BCUT2D eigenvalue weighted by Gasteiger charge is -2.06. The lowest BCUT2D eigenvalue weighted by Crippen LogP contribution is -2.18. The average Bonchev–Trinajstić information content (AvgIpc) is 3.09. The number of rotatable bonds is 4. The fourth-order valence-electron chi connectivity index (χ4n) is 1.14. The number of hydrogen-bond acceptors (Lipinski definition) is 5. The molecule has 0 saturated heterocycles. The summed E-state index contributed by atoms with van der Waals surface area (Å²) in [5, 5.41) is 11.4. The molecule has 0 bridgehead atoms. The fraction of sp³-hybridized carbons (Fsp3) is 0.444. The topological polar surface area (TPSA) is 93.6 Å². The number of ether oxygens (including phenoxy) is 1. The summed E-state index contributed by atoms with van der Waals surface area (Å²) >= 11 is 0. The van der Waals surface area contributed by atoms with E-state index in [9.17, 15) is 0 Å². The first kappa shape index (κ1) is 9.70. The van der Waals surface area contributed by atoms with Gasteiger partial charge in [0.25, 0.3) is 0 Å². The van der Waals surface area contributed by atoms with E-state index in [2.05, 4.69) is 15.1 Å². The van der Waals surface area contributed by atoms with Gasteiger partial charge in [-0.3, -0.25) is 0 Å². The first-order valence-corrected chi connectivity index (χ1v) is 4.73. The van der Waals surface area contributed by atoms with Crippen molar-refractivity contribution in [2.24, 2.45) is 16.8 Å². The Morgan fingerprint density at radius 1 is 1.53 bits per heavy atom. The summed E-state index contributed by atoms with van der Waals surface area (Å²) in [4.78, 5) is 7.94. The van der Waals surface area contributed by atoms with Crippen LogP contribution in [-0.4, -0.2) is 27.6 Å². The molecule has 2 rings (SSSR count). The molecule has 15 heavy (non-hydrogen) atoms. The molecule has 0 atom stereocenters. The van der Waals surface area contributed by atoms with Crippen LogP contribution in [-0.2, 0) is 0 Å². The summed E-state index contributed by atoms with van der Waals surface area (Å²) < 4.78 is 5.44. The maximum Gasteiger partial charge on any atom is 0.243 e. The second kappa shape index (κ2) is 4.12. The van der Waals surface area contributed by atoms with Crippen molar-refractivity contribution in [3.05, 3.63) is 18.1 Å². The monoisotopic (exact) mass is 208 g/mol. The van der Waals surface area contributed by atoms with Crippen LogP contribution in [0.25, 0.3) is 0 Å². The summed E-state index contributed by atoms with van der Waals surface area (Å²) in [6, 6.07) is 0. The second-order valence-electron chi connectivity index (χ2n) is 3.45. The minimum Gasteiger partial charge on any atom is -0.476 e. The number of nitrogens with zero attached hydrogens (tertiary/aromatic N) is 3. The first-order valence-electron chi connectivity index (χ1n) is 4.73. The quantitative estimate of drug-likeness (QED) is 0.322. The van der Waals surface area contributed by atoms with E-state index < -0.39 is 0 Å². The van der Waals surface area contributed by atoms with Gasteiger partial charge in [-0.15, -0.1) is 0 Å². The van der Waals surface area contributed by atoms with Crippen LogP contribution in [0, 0.1) is 5.92 Å². The SMILES string of the molecule is NC(=NO)c1nccnc1OCC1CC1.